The van der Waals surface area contributed by atoms with Gasteiger partial charge in [-0.05, 0) is 68.2 Å². The van der Waals surface area contributed by atoms with E-state index in [0.29, 0.717) is 25.1 Å². The SMILES string of the molecule is O=C(NS(=O)(=O)C1CC1)c1cc(C2CC2)c(OC2CCCN(c3ccccc3)C2)cc1F. The van der Waals surface area contributed by atoms with E-state index in [4.69, 9.17) is 4.74 Å². The summed E-state index contributed by atoms with van der Waals surface area (Å²) in [5.74, 6) is -0.989. The Bertz CT molecular complexity index is 1110. The van der Waals surface area contributed by atoms with Gasteiger partial charge in [-0.3, -0.25) is 4.79 Å². The van der Waals surface area contributed by atoms with Crippen molar-refractivity contribution in [1.82, 2.24) is 4.72 Å². The normalized spacial score (nSPS) is 21.3. The first-order valence-corrected chi connectivity index (χ1v) is 12.8. The average molecular weight is 459 g/mol. The topological polar surface area (TPSA) is 75.7 Å². The number of carbonyl (C=O) groups is 1. The van der Waals surface area contributed by atoms with Crippen molar-refractivity contribution in [2.24, 2.45) is 0 Å². The number of anilines is 1. The Morgan fingerprint density at radius 1 is 1.06 bits per heavy atom. The lowest BCUT2D eigenvalue weighted by Crippen LogP contribution is -2.41. The van der Waals surface area contributed by atoms with Crippen molar-refractivity contribution in [2.75, 3.05) is 18.0 Å². The van der Waals surface area contributed by atoms with Crippen LogP contribution in [0.5, 0.6) is 5.75 Å². The van der Waals surface area contributed by atoms with E-state index in [0.717, 1.165) is 43.5 Å². The summed E-state index contributed by atoms with van der Waals surface area (Å²) in [7, 11) is -3.74. The summed E-state index contributed by atoms with van der Waals surface area (Å²) in [6.07, 6.45) is 4.72. The van der Waals surface area contributed by atoms with Crippen LogP contribution in [-0.4, -0.2) is 38.8 Å². The molecule has 3 aliphatic rings. The second kappa shape index (κ2) is 8.39. The molecule has 6 nitrogen and oxygen atoms in total. The number of ether oxygens (including phenoxy) is 1. The molecule has 1 aliphatic heterocycles. The smallest absolute Gasteiger partial charge is 0.267 e. The predicted molar refractivity (Wildman–Crippen MR) is 120 cm³/mol. The van der Waals surface area contributed by atoms with E-state index in [1.807, 2.05) is 22.9 Å². The molecule has 0 radical (unpaired) electrons. The summed E-state index contributed by atoms with van der Waals surface area (Å²) in [6.45, 7) is 1.65. The molecule has 2 aromatic carbocycles. The van der Waals surface area contributed by atoms with Crippen LogP contribution in [-0.2, 0) is 10.0 Å². The molecule has 1 atom stereocenters. The number of nitrogens with one attached hydrogen (secondary N) is 1. The van der Waals surface area contributed by atoms with Crippen molar-refractivity contribution in [3.8, 4) is 5.75 Å². The Kier molecular flexibility index (Phi) is 5.57. The average Bonchev–Trinajstić information content (AvgIpc) is 3.67. The summed E-state index contributed by atoms with van der Waals surface area (Å²) in [6, 6.07) is 12.9. The van der Waals surface area contributed by atoms with E-state index in [9.17, 15) is 17.6 Å². The minimum absolute atomic E-state index is 0.0872. The summed E-state index contributed by atoms with van der Waals surface area (Å²) in [4.78, 5) is 14.8. The van der Waals surface area contributed by atoms with E-state index >= 15 is 0 Å². The molecular weight excluding hydrogens is 431 g/mol. The van der Waals surface area contributed by atoms with Gasteiger partial charge in [-0.1, -0.05) is 18.2 Å². The number of rotatable bonds is 7. The van der Waals surface area contributed by atoms with E-state index in [2.05, 4.69) is 17.0 Å². The maximum Gasteiger partial charge on any atom is 0.267 e. The minimum atomic E-state index is -3.74. The Morgan fingerprint density at radius 3 is 2.50 bits per heavy atom. The van der Waals surface area contributed by atoms with Crippen molar-refractivity contribution in [1.29, 1.82) is 0 Å². The van der Waals surface area contributed by atoms with Gasteiger partial charge in [-0.25, -0.2) is 17.5 Å². The Balaban J connectivity index is 1.35. The monoisotopic (exact) mass is 458 g/mol. The van der Waals surface area contributed by atoms with E-state index in [1.54, 1.807) is 0 Å². The number of hydrogen-bond acceptors (Lipinski definition) is 5. The lowest BCUT2D eigenvalue weighted by atomic mass is 10.0. The van der Waals surface area contributed by atoms with Gasteiger partial charge < -0.3 is 9.64 Å². The van der Waals surface area contributed by atoms with Crippen molar-refractivity contribution < 1.29 is 22.3 Å². The van der Waals surface area contributed by atoms with Crippen LogP contribution in [0.25, 0.3) is 0 Å². The van der Waals surface area contributed by atoms with Gasteiger partial charge in [0.15, 0.2) is 0 Å². The fourth-order valence-corrected chi connectivity index (χ4v) is 5.59. The first kappa shape index (κ1) is 21.2. The van der Waals surface area contributed by atoms with Gasteiger partial charge in [0.1, 0.15) is 17.7 Å². The number of sulfonamides is 1. The third-order valence-electron chi connectivity index (χ3n) is 6.35. The fourth-order valence-electron chi connectivity index (χ4n) is 4.29. The second-order valence-electron chi connectivity index (χ2n) is 8.98. The van der Waals surface area contributed by atoms with Gasteiger partial charge in [0, 0.05) is 18.3 Å². The standard InChI is InChI=1S/C24H27FN2O4S/c25-22-14-23(31-18-7-4-12-27(15-18)17-5-2-1-3-6-17)20(16-8-9-16)13-21(22)24(28)26-32(29,30)19-10-11-19/h1-3,5-6,13-14,16,18-19H,4,7-12,15H2,(H,26,28). The zero-order valence-corrected chi connectivity index (χ0v) is 18.6. The zero-order chi connectivity index (χ0) is 22.3. The molecule has 1 heterocycles. The van der Waals surface area contributed by atoms with Gasteiger partial charge >= 0.3 is 0 Å². The Hall–Kier alpha value is -2.61. The van der Waals surface area contributed by atoms with Crippen LogP contribution < -0.4 is 14.4 Å². The van der Waals surface area contributed by atoms with Crippen molar-refractivity contribution in [2.45, 2.75) is 55.8 Å². The van der Waals surface area contributed by atoms with Gasteiger partial charge in [-0.2, -0.15) is 0 Å². The number of carbonyl (C=O) groups excluding carboxylic acids is 1. The number of nitrogens with zero attached hydrogens (tertiary/aromatic N) is 1. The fraction of sp³-hybridized carbons (Fsp3) is 0.458. The largest absolute Gasteiger partial charge is 0.488 e. The molecule has 2 aliphatic carbocycles. The predicted octanol–water partition coefficient (Wildman–Crippen LogP) is 3.97. The third-order valence-corrected chi connectivity index (χ3v) is 8.17. The number of amides is 1. The van der Waals surface area contributed by atoms with Crippen LogP contribution in [0.2, 0.25) is 0 Å². The molecule has 32 heavy (non-hydrogen) atoms. The van der Waals surface area contributed by atoms with Crippen LogP contribution in [0, 0.1) is 5.82 Å². The number of halogens is 1. The van der Waals surface area contributed by atoms with Crippen molar-refractivity contribution >= 4 is 21.6 Å². The summed E-state index contributed by atoms with van der Waals surface area (Å²) in [5.41, 5.74) is 1.69. The highest BCUT2D eigenvalue weighted by Gasteiger charge is 2.38. The summed E-state index contributed by atoms with van der Waals surface area (Å²) >= 11 is 0. The number of hydrogen-bond donors (Lipinski definition) is 1. The lowest BCUT2D eigenvalue weighted by Gasteiger charge is -2.35. The molecule has 2 saturated carbocycles. The molecule has 0 spiro atoms. The third kappa shape index (κ3) is 4.60. The molecule has 170 valence electrons. The highest BCUT2D eigenvalue weighted by atomic mass is 32.2. The molecule has 1 unspecified atom stereocenters. The van der Waals surface area contributed by atoms with E-state index in [1.165, 1.54) is 12.1 Å². The second-order valence-corrected chi connectivity index (χ2v) is 10.9. The first-order chi connectivity index (χ1) is 15.4. The highest BCUT2D eigenvalue weighted by Crippen LogP contribution is 2.45. The van der Waals surface area contributed by atoms with Crippen LogP contribution in [0.1, 0.15) is 60.4 Å². The first-order valence-electron chi connectivity index (χ1n) is 11.3. The van der Waals surface area contributed by atoms with Crippen molar-refractivity contribution in [3.05, 3.63) is 59.4 Å². The number of piperidine rings is 1. The molecule has 5 rings (SSSR count). The lowest BCUT2D eigenvalue weighted by molar-refractivity contribution is 0.0977. The molecule has 1 saturated heterocycles. The molecular formula is C24H27FN2O4S. The van der Waals surface area contributed by atoms with Crippen molar-refractivity contribution in [3.63, 3.8) is 0 Å². The Morgan fingerprint density at radius 2 is 1.81 bits per heavy atom. The zero-order valence-electron chi connectivity index (χ0n) is 17.8. The van der Waals surface area contributed by atoms with Gasteiger partial charge in [0.25, 0.3) is 5.91 Å². The molecule has 3 fully saturated rings. The van der Waals surface area contributed by atoms with E-state index < -0.39 is 27.0 Å². The molecule has 0 aromatic heterocycles. The molecule has 2 aromatic rings. The maximum absolute atomic E-state index is 14.9. The van der Waals surface area contributed by atoms with Gasteiger partial charge in [-0.15, -0.1) is 0 Å². The Labute approximate surface area is 187 Å². The minimum Gasteiger partial charge on any atom is -0.488 e. The molecule has 1 amide bonds. The van der Waals surface area contributed by atoms with Gasteiger partial charge in [0.2, 0.25) is 10.0 Å². The van der Waals surface area contributed by atoms with Crippen LogP contribution in [0.3, 0.4) is 0 Å². The number of benzene rings is 2. The van der Waals surface area contributed by atoms with Crippen LogP contribution in [0.15, 0.2) is 42.5 Å². The molecule has 8 heteroatoms. The summed E-state index contributed by atoms with van der Waals surface area (Å²) < 4.78 is 47.4. The quantitative estimate of drug-likeness (QED) is 0.680. The highest BCUT2D eigenvalue weighted by molar-refractivity contribution is 7.91. The van der Waals surface area contributed by atoms with Gasteiger partial charge in [0.05, 0.1) is 17.4 Å². The number of para-hydroxylation sites is 1. The van der Waals surface area contributed by atoms with E-state index in [-0.39, 0.29) is 17.6 Å². The van der Waals surface area contributed by atoms with Crippen LogP contribution in [0.4, 0.5) is 10.1 Å². The molecule has 0 bridgehead atoms. The molecule has 1 N–H and O–H groups in total. The maximum atomic E-state index is 14.9. The summed E-state index contributed by atoms with van der Waals surface area (Å²) in [5, 5.41) is -0.543. The van der Waals surface area contributed by atoms with Crippen LogP contribution >= 0.6 is 0 Å².